The van der Waals surface area contributed by atoms with Crippen LogP contribution in [-0.2, 0) is 4.79 Å². The molecule has 0 aromatic heterocycles. The van der Waals surface area contributed by atoms with Gasteiger partial charge in [0, 0.05) is 6.92 Å². The van der Waals surface area contributed by atoms with Gasteiger partial charge >= 0.3 is 0 Å². The fraction of sp³-hybridized carbons (Fsp3) is 0.727. The summed E-state index contributed by atoms with van der Waals surface area (Å²) in [6.07, 6.45) is 5.59. The second-order valence-electron chi connectivity index (χ2n) is 4.22. The van der Waals surface area contributed by atoms with Crippen molar-refractivity contribution in [3.05, 3.63) is 12.7 Å². The summed E-state index contributed by atoms with van der Waals surface area (Å²) >= 11 is 0. The van der Waals surface area contributed by atoms with Gasteiger partial charge in [0.15, 0.2) is 0 Å². The molecule has 2 rings (SSSR count). The largest absolute Gasteiger partial charge is 0.481 e. The molecule has 3 nitrogen and oxygen atoms in total. The normalized spacial score (nSPS) is 38.7. The molecular weight excluding hydrogens is 180 g/mol. The van der Waals surface area contributed by atoms with E-state index in [1.165, 1.54) is 12.8 Å². The maximum atomic E-state index is 9.47. The number of aliphatic hydroxyl groups is 1. The number of fused-ring (bicyclic) bond motifs is 2. The first-order valence-electron chi connectivity index (χ1n) is 5.04. The molecule has 2 aliphatic rings. The first kappa shape index (κ1) is 11.2. The first-order chi connectivity index (χ1) is 6.54. The van der Waals surface area contributed by atoms with E-state index in [1.807, 2.05) is 6.08 Å². The van der Waals surface area contributed by atoms with E-state index in [0.29, 0.717) is 11.8 Å². The fourth-order valence-electron chi connectivity index (χ4n) is 2.64. The minimum atomic E-state index is -0.833. The molecule has 0 saturated heterocycles. The van der Waals surface area contributed by atoms with E-state index in [0.717, 1.165) is 19.3 Å². The molecule has 2 N–H and O–H groups in total. The molecule has 14 heavy (non-hydrogen) atoms. The minimum Gasteiger partial charge on any atom is -0.481 e. The Morgan fingerprint density at radius 1 is 1.43 bits per heavy atom. The van der Waals surface area contributed by atoms with Crippen molar-refractivity contribution in [2.75, 3.05) is 0 Å². The highest BCUT2D eigenvalue weighted by atomic mass is 16.4. The number of aliphatic hydroxyl groups excluding tert-OH is 1. The van der Waals surface area contributed by atoms with Crippen molar-refractivity contribution >= 4 is 5.97 Å². The molecular formula is C11H18O3. The maximum absolute atomic E-state index is 9.47. The second kappa shape index (κ2) is 4.60. The molecule has 2 aliphatic carbocycles. The molecule has 2 saturated carbocycles. The molecule has 0 radical (unpaired) electrons. The molecule has 0 aromatic carbocycles. The SMILES string of the molecule is C=CC1CC2CC(O)C1C2.CC(=O)O. The van der Waals surface area contributed by atoms with Crippen LogP contribution in [0, 0.1) is 17.8 Å². The summed E-state index contributed by atoms with van der Waals surface area (Å²) in [5.74, 6) is 1.15. The average Bonchev–Trinajstić information content (AvgIpc) is 2.60. The number of rotatable bonds is 1. The van der Waals surface area contributed by atoms with Gasteiger partial charge in [-0.3, -0.25) is 4.79 Å². The monoisotopic (exact) mass is 198 g/mol. The molecule has 0 aliphatic heterocycles. The van der Waals surface area contributed by atoms with Crippen LogP contribution in [0.15, 0.2) is 12.7 Å². The van der Waals surface area contributed by atoms with Gasteiger partial charge < -0.3 is 10.2 Å². The number of carbonyl (C=O) groups is 1. The number of carboxylic acids is 1. The van der Waals surface area contributed by atoms with Crippen molar-refractivity contribution in [1.82, 2.24) is 0 Å². The van der Waals surface area contributed by atoms with Crippen molar-refractivity contribution < 1.29 is 15.0 Å². The summed E-state index contributed by atoms with van der Waals surface area (Å²) in [5, 5.41) is 16.9. The van der Waals surface area contributed by atoms with Crippen molar-refractivity contribution in [3.8, 4) is 0 Å². The third-order valence-corrected chi connectivity index (χ3v) is 3.13. The van der Waals surface area contributed by atoms with Gasteiger partial charge in [-0.05, 0) is 37.0 Å². The van der Waals surface area contributed by atoms with Crippen LogP contribution in [0.4, 0.5) is 0 Å². The molecule has 80 valence electrons. The lowest BCUT2D eigenvalue weighted by molar-refractivity contribution is -0.134. The van der Waals surface area contributed by atoms with Crippen molar-refractivity contribution in [2.24, 2.45) is 17.8 Å². The maximum Gasteiger partial charge on any atom is 0.300 e. The van der Waals surface area contributed by atoms with E-state index in [1.54, 1.807) is 0 Å². The van der Waals surface area contributed by atoms with E-state index in [9.17, 15) is 5.11 Å². The van der Waals surface area contributed by atoms with E-state index >= 15 is 0 Å². The van der Waals surface area contributed by atoms with Gasteiger partial charge in [-0.15, -0.1) is 6.58 Å². The highest BCUT2D eigenvalue weighted by Gasteiger charge is 2.43. The standard InChI is InChI=1S/C9H14O.C2H4O2/c1-2-7-3-6-4-8(7)9(10)5-6;1-2(3)4/h2,6-10H,1,3-5H2;1H3,(H,3,4). The number of carboxylic acid groups (broad SMARTS) is 1. The molecule has 3 heteroatoms. The van der Waals surface area contributed by atoms with Crippen LogP contribution in [0.25, 0.3) is 0 Å². The van der Waals surface area contributed by atoms with E-state index in [-0.39, 0.29) is 6.10 Å². The highest BCUT2D eigenvalue weighted by Crippen LogP contribution is 2.48. The molecule has 0 aromatic rings. The van der Waals surface area contributed by atoms with Gasteiger partial charge in [-0.25, -0.2) is 0 Å². The third-order valence-electron chi connectivity index (χ3n) is 3.13. The molecule has 4 atom stereocenters. The zero-order valence-electron chi connectivity index (χ0n) is 8.52. The average molecular weight is 198 g/mol. The Labute approximate surface area is 84.4 Å². The van der Waals surface area contributed by atoms with E-state index in [2.05, 4.69) is 6.58 Å². The lowest BCUT2D eigenvalue weighted by Crippen LogP contribution is -2.22. The lowest BCUT2D eigenvalue weighted by atomic mass is 9.87. The minimum absolute atomic E-state index is 0.0123. The Kier molecular flexibility index (Phi) is 3.69. The summed E-state index contributed by atoms with van der Waals surface area (Å²) in [7, 11) is 0. The van der Waals surface area contributed by atoms with Crippen LogP contribution in [0.3, 0.4) is 0 Å². The Morgan fingerprint density at radius 3 is 2.29 bits per heavy atom. The quantitative estimate of drug-likeness (QED) is 0.630. The van der Waals surface area contributed by atoms with Gasteiger partial charge in [0.2, 0.25) is 0 Å². The summed E-state index contributed by atoms with van der Waals surface area (Å²) < 4.78 is 0. The first-order valence-corrected chi connectivity index (χ1v) is 5.04. The smallest absolute Gasteiger partial charge is 0.300 e. The van der Waals surface area contributed by atoms with Crippen molar-refractivity contribution in [2.45, 2.75) is 32.3 Å². The van der Waals surface area contributed by atoms with Crippen LogP contribution >= 0.6 is 0 Å². The molecule has 0 spiro atoms. The van der Waals surface area contributed by atoms with Gasteiger partial charge in [0.05, 0.1) is 6.10 Å². The summed E-state index contributed by atoms with van der Waals surface area (Å²) in [5.41, 5.74) is 0. The molecule has 4 unspecified atom stereocenters. The summed E-state index contributed by atoms with van der Waals surface area (Å²) in [6.45, 7) is 4.87. The van der Waals surface area contributed by atoms with Crippen LogP contribution in [-0.4, -0.2) is 22.3 Å². The van der Waals surface area contributed by atoms with Crippen LogP contribution in [0.1, 0.15) is 26.2 Å². The predicted molar refractivity (Wildman–Crippen MR) is 53.8 cm³/mol. The number of aliphatic carboxylic acids is 1. The van der Waals surface area contributed by atoms with Gasteiger partial charge in [0.1, 0.15) is 0 Å². The zero-order valence-corrected chi connectivity index (χ0v) is 8.52. The summed E-state index contributed by atoms with van der Waals surface area (Å²) in [6, 6.07) is 0. The molecule has 2 bridgehead atoms. The Bertz CT molecular complexity index is 221. The van der Waals surface area contributed by atoms with Crippen LogP contribution < -0.4 is 0 Å². The van der Waals surface area contributed by atoms with Gasteiger partial charge in [-0.1, -0.05) is 6.08 Å². The van der Waals surface area contributed by atoms with Gasteiger partial charge in [-0.2, -0.15) is 0 Å². The zero-order chi connectivity index (χ0) is 10.7. The van der Waals surface area contributed by atoms with Crippen LogP contribution in [0.2, 0.25) is 0 Å². The van der Waals surface area contributed by atoms with E-state index < -0.39 is 5.97 Å². The van der Waals surface area contributed by atoms with Gasteiger partial charge in [0.25, 0.3) is 5.97 Å². The molecule has 2 fully saturated rings. The topological polar surface area (TPSA) is 57.5 Å². The predicted octanol–water partition coefficient (Wildman–Crippen LogP) is 1.67. The third kappa shape index (κ3) is 2.58. The van der Waals surface area contributed by atoms with Crippen molar-refractivity contribution in [1.29, 1.82) is 0 Å². The Balaban J connectivity index is 0.000000213. The van der Waals surface area contributed by atoms with Crippen LogP contribution in [0.5, 0.6) is 0 Å². The fourth-order valence-corrected chi connectivity index (χ4v) is 2.64. The number of allylic oxidation sites excluding steroid dienone is 1. The molecule has 0 amide bonds. The van der Waals surface area contributed by atoms with E-state index in [4.69, 9.17) is 9.90 Å². The second-order valence-corrected chi connectivity index (χ2v) is 4.22. The number of hydrogen-bond donors (Lipinski definition) is 2. The highest BCUT2D eigenvalue weighted by molar-refractivity contribution is 5.62. The summed E-state index contributed by atoms with van der Waals surface area (Å²) in [4.78, 5) is 9.00. The molecule has 0 heterocycles. The Hall–Kier alpha value is -0.830. The number of hydrogen-bond acceptors (Lipinski definition) is 2. The Morgan fingerprint density at radius 2 is 2.00 bits per heavy atom. The lowest BCUT2D eigenvalue weighted by Gasteiger charge is -2.22. The van der Waals surface area contributed by atoms with Crippen molar-refractivity contribution in [3.63, 3.8) is 0 Å².